The molecule has 0 bridgehead atoms. The van der Waals surface area contributed by atoms with Gasteiger partial charge >= 0.3 is 0 Å². The van der Waals surface area contributed by atoms with Gasteiger partial charge in [-0.05, 0) is 12.1 Å². The molecule has 0 atom stereocenters. The molecule has 0 spiro atoms. The van der Waals surface area contributed by atoms with Gasteiger partial charge < -0.3 is 14.2 Å². The molecule has 142 valence electrons. The molecular weight excluding hydrogens is 352 g/mol. The Labute approximate surface area is 164 Å². The molecule has 0 aromatic heterocycles. The zero-order valence-electron chi connectivity index (χ0n) is 16.1. The molecule has 3 rings (SSSR count). The van der Waals surface area contributed by atoms with Crippen LogP contribution in [-0.2, 0) is 0 Å². The Morgan fingerprint density at radius 3 is 1.75 bits per heavy atom. The summed E-state index contributed by atoms with van der Waals surface area (Å²) in [5.74, 6) is 1.65. The van der Waals surface area contributed by atoms with E-state index >= 15 is 0 Å². The molecule has 0 unspecified atom stereocenters. The lowest BCUT2D eigenvalue weighted by molar-refractivity contribution is 0.324. The van der Waals surface area contributed by atoms with Crippen LogP contribution in [0.2, 0.25) is 0 Å². The molecule has 3 aromatic carbocycles. The fraction of sp³-hybridized carbons (Fsp3) is 0.130. The highest BCUT2D eigenvalue weighted by Crippen LogP contribution is 2.39. The minimum absolute atomic E-state index is 0.518. The van der Waals surface area contributed by atoms with Gasteiger partial charge in [0.1, 0.15) is 5.71 Å². The van der Waals surface area contributed by atoms with Gasteiger partial charge in [0.05, 0.1) is 27.5 Å². The number of rotatable bonds is 7. The van der Waals surface area contributed by atoms with Crippen molar-refractivity contribution in [2.45, 2.75) is 0 Å². The van der Waals surface area contributed by atoms with E-state index < -0.39 is 0 Å². The Bertz CT molecular complexity index is 926. The van der Waals surface area contributed by atoms with Gasteiger partial charge in [-0.3, -0.25) is 0 Å². The zero-order valence-corrected chi connectivity index (χ0v) is 16.1. The first-order valence-corrected chi connectivity index (χ1v) is 8.79. The van der Waals surface area contributed by atoms with Crippen LogP contribution in [0.25, 0.3) is 0 Å². The van der Waals surface area contributed by atoms with Crippen LogP contribution in [-0.4, -0.2) is 33.3 Å². The van der Waals surface area contributed by atoms with Gasteiger partial charge in [-0.15, -0.1) is 5.10 Å². The summed E-state index contributed by atoms with van der Waals surface area (Å²) >= 11 is 0. The predicted octanol–water partition coefficient (Wildman–Crippen LogP) is 4.58. The minimum atomic E-state index is 0.518. The summed E-state index contributed by atoms with van der Waals surface area (Å²) in [6.45, 7) is 0. The zero-order chi connectivity index (χ0) is 19.8. The molecular formula is C23H22N2O3. The molecule has 0 aliphatic heterocycles. The molecule has 5 heteroatoms. The fourth-order valence-electron chi connectivity index (χ4n) is 2.85. The second kappa shape index (κ2) is 9.37. The van der Waals surface area contributed by atoms with Crippen molar-refractivity contribution < 1.29 is 14.2 Å². The van der Waals surface area contributed by atoms with Crippen molar-refractivity contribution in [2.24, 2.45) is 10.2 Å². The van der Waals surface area contributed by atoms with Crippen LogP contribution < -0.4 is 14.2 Å². The molecule has 0 saturated carbocycles. The summed E-state index contributed by atoms with van der Waals surface area (Å²) < 4.78 is 16.2. The maximum Gasteiger partial charge on any atom is 0.203 e. The molecule has 0 radical (unpaired) electrons. The smallest absolute Gasteiger partial charge is 0.203 e. The van der Waals surface area contributed by atoms with Crippen molar-refractivity contribution in [3.8, 4) is 17.2 Å². The largest absolute Gasteiger partial charge is 0.493 e. The van der Waals surface area contributed by atoms with E-state index in [9.17, 15) is 0 Å². The third-order valence-corrected chi connectivity index (χ3v) is 4.18. The molecule has 0 heterocycles. The molecule has 0 aliphatic carbocycles. The molecule has 5 nitrogen and oxygen atoms in total. The van der Waals surface area contributed by atoms with Crippen molar-refractivity contribution in [3.63, 3.8) is 0 Å². The molecule has 28 heavy (non-hydrogen) atoms. The average molecular weight is 374 g/mol. The van der Waals surface area contributed by atoms with Crippen molar-refractivity contribution in [1.29, 1.82) is 0 Å². The van der Waals surface area contributed by atoms with Crippen LogP contribution >= 0.6 is 0 Å². The van der Waals surface area contributed by atoms with E-state index in [1.165, 1.54) is 0 Å². The van der Waals surface area contributed by atoms with Gasteiger partial charge in [0, 0.05) is 16.7 Å². The number of nitrogens with zero attached hydrogens (tertiary/aromatic N) is 2. The van der Waals surface area contributed by atoms with E-state index in [4.69, 9.17) is 14.2 Å². The van der Waals surface area contributed by atoms with E-state index in [0.717, 1.165) is 22.4 Å². The molecule has 0 aliphatic rings. The highest BCUT2D eigenvalue weighted by Gasteiger charge is 2.14. The lowest BCUT2D eigenvalue weighted by atomic mass is 10.0. The van der Waals surface area contributed by atoms with Gasteiger partial charge in [-0.1, -0.05) is 60.7 Å². The van der Waals surface area contributed by atoms with E-state index in [0.29, 0.717) is 17.2 Å². The first-order valence-electron chi connectivity index (χ1n) is 8.79. The van der Waals surface area contributed by atoms with Crippen molar-refractivity contribution in [1.82, 2.24) is 0 Å². The Balaban J connectivity index is 2.01. The van der Waals surface area contributed by atoms with E-state index in [2.05, 4.69) is 10.2 Å². The highest BCUT2D eigenvalue weighted by molar-refractivity contribution is 6.13. The second-order valence-corrected chi connectivity index (χ2v) is 5.85. The summed E-state index contributed by atoms with van der Waals surface area (Å²) in [5.41, 5.74) is 3.51. The topological polar surface area (TPSA) is 52.4 Å². The number of hydrogen-bond acceptors (Lipinski definition) is 5. The van der Waals surface area contributed by atoms with Crippen molar-refractivity contribution in [2.75, 3.05) is 21.3 Å². The Morgan fingerprint density at radius 2 is 1.25 bits per heavy atom. The Kier molecular flexibility index (Phi) is 6.41. The SMILES string of the molecule is COc1ccc(C=NN=C(c2ccccc2)c2ccccc2)c(OC)c1OC. The highest BCUT2D eigenvalue weighted by atomic mass is 16.5. The van der Waals surface area contributed by atoms with Crippen LogP contribution in [0.5, 0.6) is 17.2 Å². The lowest BCUT2D eigenvalue weighted by Crippen LogP contribution is -2.02. The normalized spacial score (nSPS) is 10.5. The first kappa shape index (κ1) is 19.2. The number of methoxy groups -OCH3 is 3. The van der Waals surface area contributed by atoms with Crippen LogP contribution in [0.1, 0.15) is 16.7 Å². The van der Waals surface area contributed by atoms with E-state index in [1.54, 1.807) is 27.5 Å². The van der Waals surface area contributed by atoms with Crippen LogP contribution in [0.3, 0.4) is 0 Å². The molecule has 0 fully saturated rings. The van der Waals surface area contributed by atoms with Crippen LogP contribution in [0.15, 0.2) is 83.0 Å². The van der Waals surface area contributed by atoms with Gasteiger partial charge in [0.2, 0.25) is 5.75 Å². The summed E-state index contributed by atoms with van der Waals surface area (Å²) in [6.07, 6.45) is 1.65. The van der Waals surface area contributed by atoms with Crippen LogP contribution in [0, 0.1) is 0 Å². The Morgan fingerprint density at radius 1 is 0.679 bits per heavy atom. The second-order valence-electron chi connectivity index (χ2n) is 5.85. The standard InChI is InChI=1S/C23H22N2O3/c1-26-20-15-14-19(22(27-2)23(20)28-3)16-24-25-21(17-10-6-4-7-11-17)18-12-8-5-9-13-18/h4-16H,1-3H3. The maximum absolute atomic E-state index is 5.49. The Hall–Kier alpha value is -3.60. The monoisotopic (exact) mass is 374 g/mol. The van der Waals surface area contributed by atoms with Gasteiger partial charge in [0.25, 0.3) is 0 Å². The van der Waals surface area contributed by atoms with E-state index in [1.807, 2.05) is 72.8 Å². The number of benzene rings is 3. The average Bonchev–Trinajstić information content (AvgIpc) is 2.77. The van der Waals surface area contributed by atoms with E-state index in [-0.39, 0.29) is 0 Å². The quantitative estimate of drug-likeness (QED) is 0.449. The summed E-state index contributed by atoms with van der Waals surface area (Å²) in [6, 6.07) is 23.6. The maximum atomic E-state index is 5.49. The molecule has 0 amide bonds. The molecule has 0 N–H and O–H groups in total. The molecule has 3 aromatic rings. The van der Waals surface area contributed by atoms with Gasteiger partial charge in [-0.25, -0.2) is 0 Å². The number of ether oxygens (including phenoxy) is 3. The third kappa shape index (κ3) is 4.20. The van der Waals surface area contributed by atoms with Crippen molar-refractivity contribution in [3.05, 3.63) is 89.5 Å². The van der Waals surface area contributed by atoms with Gasteiger partial charge in [0.15, 0.2) is 11.5 Å². The summed E-state index contributed by atoms with van der Waals surface area (Å²) in [5, 5.41) is 8.81. The molecule has 0 saturated heterocycles. The predicted molar refractivity (Wildman–Crippen MR) is 112 cm³/mol. The number of hydrogen-bond donors (Lipinski definition) is 0. The van der Waals surface area contributed by atoms with Gasteiger partial charge in [-0.2, -0.15) is 5.10 Å². The fourth-order valence-corrected chi connectivity index (χ4v) is 2.85. The van der Waals surface area contributed by atoms with Crippen molar-refractivity contribution >= 4 is 11.9 Å². The first-order chi connectivity index (χ1) is 13.8. The summed E-state index contributed by atoms with van der Waals surface area (Å²) in [7, 11) is 4.74. The minimum Gasteiger partial charge on any atom is -0.493 e. The third-order valence-electron chi connectivity index (χ3n) is 4.18. The van der Waals surface area contributed by atoms with Crippen LogP contribution in [0.4, 0.5) is 0 Å². The lowest BCUT2D eigenvalue weighted by Gasteiger charge is -2.13. The summed E-state index contributed by atoms with van der Waals surface area (Å²) in [4.78, 5) is 0.